The first-order chi connectivity index (χ1) is 7.88. The Labute approximate surface area is 94.2 Å². The molecule has 1 aromatic rings. The molecular formula is C10H17N5O. The van der Waals surface area contributed by atoms with Gasteiger partial charge in [-0.3, -0.25) is 4.90 Å². The maximum atomic E-state index is 9.26. The van der Waals surface area contributed by atoms with E-state index in [4.69, 9.17) is 0 Å². The van der Waals surface area contributed by atoms with Crippen molar-refractivity contribution in [2.45, 2.75) is 44.3 Å². The zero-order valence-electron chi connectivity index (χ0n) is 9.29. The highest BCUT2D eigenvalue weighted by Gasteiger charge is 2.30. The van der Waals surface area contributed by atoms with Crippen molar-refractivity contribution >= 4 is 0 Å². The third-order valence-corrected chi connectivity index (χ3v) is 3.51. The molecule has 88 valence electrons. The summed E-state index contributed by atoms with van der Waals surface area (Å²) in [6.45, 7) is 2.06. The first-order valence-corrected chi connectivity index (χ1v) is 6.00. The van der Waals surface area contributed by atoms with Crippen LogP contribution in [-0.2, 0) is 6.54 Å². The molecule has 2 fully saturated rings. The summed E-state index contributed by atoms with van der Waals surface area (Å²) < 4.78 is 1.95. The second-order valence-corrected chi connectivity index (χ2v) is 4.72. The van der Waals surface area contributed by atoms with E-state index in [2.05, 4.69) is 20.4 Å². The lowest BCUT2D eigenvalue weighted by atomic mass is 10.2. The summed E-state index contributed by atoms with van der Waals surface area (Å²) in [5.74, 6) is 0.947. The number of hydrogen-bond acceptors (Lipinski definition) is 5. The Hall–Kier alpha value is -1.01. The molecule has 1 aromatic heterocycles. The Kier molecular flexibility index (Phi) is 2.61. The molecule has 0 bridgehead atoms. The van der Waals surface area contributed by atoms with Crippen LogP contribution in [0.3, 0.4) is 0 Å². The van der Waals surface area contributed by atoms with Crippen LogP contribution < -0.4 is 0 Å². The highest BCUT2D eigenvalue weighted by Crippen LogP contribution is 2.34. The van der Waals surface area contributed by atoms with Crippen molar-refractivity contribution in [1.29, 1.82) is 0 Å². The van der Waals surface area contributed by atoms with E-state index in [0.29, 0.717) is 12.1 Å². The normalized spacial score (nSPS) is 26.4. The van der Waals surface area contributed by atoms with Crippen LogP contribution in [0.1, 0.15) is 37.5 Å². The van der Waals surface area contributed by atoms with Crippen LogP contribution in [0.5, 0.6) is 0 Å². The van der Waals surface area contributed by atoms with E-state index in [1.807, 2.05) is 4.68 Å². The average molecular weight is 223 g/mol. The fourth-order valence-electron chi connectivity index (χ4n) is 2.41. The van der Waals surface area contributed by atoms with Crippen LogP contribution in [-0.4, -0.2) is 49.4 Å². The zero-order valence-corrected chi connectivity index (χ0v) is 9.29. The molecule has 0 radical (unpaired) electrons. The predicted molar refractivity (Wildman–Crippen MR) is 56.6 cm³/mol. The van der Waals surface area contributed by atoms with E-state index >= 15 is 0 Å². The Morgan fingerprint density at radius 1 is 1.31 bits per heavy atom. The number of hydrogen-bond donors (Lipinski definition) is 1. The van der Waals surface area contributed by atoms with Crippen molar-refractivity contribution in [2.24, 2.45) is 0 Å². The second-order valence-electron chi connectivity index (χ2n) is 4.72. The summed E-state index contributed by atoms with van der Waals surface area (Å²) in [5.41, 5.74) is 0. The smallest absolute Gasteiger partial charge is 0.165 e. The van der Waals surface area contributed by atoms with Gasteiger partial charge in [0.25, 0.3) is 0 Å². The van der Waals surface area contributed by atoms with Crippen LogP contribution in [0.2, 0.25) is 0 Å². The Balaban J connectivity index is 1.70. The topological polar surface area (TPSA) is 67.1 Å². The van der Waals surface area contributed by atoms with Crippen molar-refractivity contribution in [3.05, 3.63) is 5.82 Å². The highest BCUT2D eigenvalue weighted by atomic mass is 16.3. The number of aliphatic hydroxyl groups is 1. The van der Waals surface area contributed by atoms with Gasteiger partial charge < -0.3 is 5.11 Å². The maximum Gasteiger partial charge on any atom is 0.165 e. The minimum Gasteiger partial charge on any atom is -0.395 e. The Bertz CT molecular complexity index is 362. The number of aliphatic hydroxyl groups excluding tert-OH is 1. The molecule has 2 aliphatic rings. The lowest BCUT2D eigenvalue weighted by Gasteiger charge is -2.21. The first kappa shape index (κ1) is 10.2. The predicted octanol–water partition coefficient (Wildman–Crippen LogP) is -0.0353. The van der Waals surface area contributed by atoms with Crippen molar-refractivity contribution in [2.75, 3.05) is 13.2 Å². The van der Waals surface area contributed by atoms with Crippen LogP contribution >= 0.6 is 0 Å². The third kappa shape index (κ3) is 1.82. The molecule has 1 unspecified atom stereocenters. The Morgan fingerprint density at radius 2 is 2.19 bits per heavy atom. The van der Waals surface area contributed by atoms with E-state index in [0.717, 1.165) is 31.8 Å². The number of likely N-dealkylation sites (tertiary alicyclic amines) is 1. The molecule has 2 heterocycles. The number of tetrazole rings is 1. The van der Waals surface area contributed by atoms with Crippen molar-refractivity contribution < 1.29 is 5.11 Å². The standard InChI is InChI=1S/C10H17N5O/c16-7-9-2-1-5-14(9)6-10-11-12-13-15(10)8-3-4-8/h8-9,16H,1-7H2. The van der Waals surface area contributed by atoms with Crippen molar-refractivity contribution in [1.82, 2.24) is 25.1 Å². The number of rotatable bonds is 4. The van der Waals surface area contributed by atoms with Gasteiger partial charge in [0.2, 0.25) is 0 Å². The first-order valence-electron chi connectivity index (χ1n) is 6.00. The van der Waals surface area contributed by atoms with Crippen molar-refractivity contribution in [3.63, 3.8) is 0 Å². The fraction of sp³-hybridized carbons (Fsp3) is 0.900. The summed E-state index contributed by atoms with van der Waals surface area (Å²) >= 11 is 0. The van der Waals surface area contributed by atoms with Crippen molar-refractivity contribution in [3.8, 4) is 0 Å². The van der Waals surface area contributed by atoms with Gasteiger partial charge in [-0.25, -0.2) is 4.68 Å². The van der Waals surface area contributed by atoms with E-state index < -0.39 is 0 Å². The van der Waals surface area contributed by atoms with E-state index in [1.54, 1.807) is 0 Å². The number of aromatic nitrogens is 4. The van der Waals surface area contributed by atoms with Crippen LogP contribution in [0.25, 0.3) is 0 Å². The molecular weight excluding hydrogens is 206 g/mol. The van der Waals surface area contributed by atoms with Gasteiger partial charge in [-0.1, -0.05) is 0 Å². The van der Waals surface area contributed by atoms with Crippen LogP contribution in [0.15, 0.2) is 0 Å². The van der Waals surface area contributed by atoms with Gasteiger partial charge in [0, 0.05) is 6.04 Å². The van der Waals surface area contributed by atoms with Gasteiger partial charge in [0.15, 0.2) is 5.82 Å². The molecule has 1 atom stereocenters. The largest absolute Gasteiger partial charge is 0.395 e. The maximum absolute atomic E-state index is 9.26. The third-order valence-electron chi connectivity index (χ3n) is 3.51. The van der Waals surface area contributed by atoms with Gasteiger partial charge in [-0.2, -0.15) is 0 Å². The molecule has 0 amide bonds. The molecule has 1 aliphatic carbocycles. The van der Waals surface area contributed by atoms with Gasteiger partial charge >= 0.3 is 0 Å². The van der Waals surface area contributed by atoms with E-state index in [1.165, 1.54) is 12.8 Å². The van der Waals surface area contributed by atoms with Gasteiger partial charge in [0.1, 0.15) is 0 Å². The molecule has 16 heavy (non-hydrogen) atoms. The van der Waals surface area contributed by atoms with Crippen LogP contribution in [0, 0.1) is 0 Å². The number of nitrogens with zero attached hydrogens (tertiary/aromatic N) is 5. The second kappa shape index (κ2) is 4.10. The molecule has 1 saturated heterocycles. The molecule has 3 rings (SSSR count). The minimum atomic E-state index is 0.241. The monoisotopic (exact) mass is 223 g/mol. The van der Waals surface area contributed by atoms with Crippen LogP contribution in [0.4, 0.5) is 0 Å². The quantitative estimate of drug-likeness (QED) is 0.776. The Morgan fingerprint density at radius 3 is 2.94 bits per heavy atom. The SMILES string of the molecule is OCC1CCCN1Cc1nnnn1C1CC1. The molecule has 1 N–H and O–H groups in total. The molecule has 6 nitrogen and oxygen atoms in total. The van der Waals surface area contributed by atoms with Gasteiger partial charge in [0.05, 0.1) is 19.2 Å². The molecule has 1 saturated carbocycles. The summed E-state index contributed by atoms with van der Waals surface area (Å²) in [4.78, 5) is 2.28. The lowest BCUT2D eigenvalue weighted by Crippen LogP contribution is -2.32. The zero-order chi connectivity index (χ0) is 11.0. The van der Waals surface area contributed by atoms with E-state index in [9.17, 15) is 5.11 Å². The van der Waals surface area contributed by atoms with Gasteiger partial charge in [-0.05, 0) is 42.7 Å². The summed E-state index contributed by atoms with van der Waals surface area (Å²) in [6.07, 6.45) is 4.64. The minimum absolute atomic E-state index is 0.241. The van der Waals surface area contributed by atoms with Gasteiger partial charge in [-0.15, -0.1) is 5.10 Å². The van der Waals surface area contributed by atoms with E-state index in [-0.39, 0.29) is 6.61 Å². The lowest BCUT2D eigenvalue weighted by molar-refractivity contribution is 0.149. The molecule has 6 heteroatoms. The highest BCUT2D eigenvalue weighted by molar-refractivity contribution is 4.92. The summed E-state index contributed by atoms with van der Waals surface area (Å²) in [7, 11) is 0. The summed E-state index contributed by atoms with van der Waals surface area (Å²) in [5, 5.41) is 21.1. The fourth-order valence-corrected chi connectivity index (χ4v) is 2.41. The average Bonchev–Trinajstić information content (AvgIpc) is 2.88. The molecule has 1 aliphatic heterocycles. The molecule has 0 spiro atoms. The summed E-state index contributed by atoms with van der Waals surface area (Å²) in [6, 6.07) is 0.824. The molecule has 0 aromatic carbocycles.